The number of ether oxygens (including phenoxy) is 3. The normalized spacial score (nSPS) is 13.2. The number of hydrogen-bond donors (Lipinski definition) is 5. The molecule has 7 amide bonds. The number of rotatable bonds is 30. The highest BCUT2D eigenvalue weighted by atomic mass is 16.6. The maximum absolute atomic E-state index is 13.8. The number of carbonyl (C=O) groups is 9. The van der Waals surface area contributed by atoms with E-state index in [4.69, 9.17) is 24.2 Å². The van der Waals surface area contributed by atoms with Crippen LogP contribution in [0.3, 0.4) is 0 Å². The zero-order valence-corrected chi connectivity index (χ0v) is 44.9. The van der Waals surface area contributed by atoms with Gasteiger partial charge in [-0.05, 0) is 86.3 Å². The lowest BCUT2D eigenvalue weighted by Crippen LogP contribution is -2.55. The molecule has 0 saturated carbocycles. The maximum atomic E-state index is 13.8. The number of aromatic nitrogens is 3. The molecule has 0 saturated heterocycles. The Labute approximate surface area is 443 Å². The minimum absolute atomic E-state index is 0.132. The molecule has 0 fully saturated rings. The Kier molecular flexibility index (Phi) is 21.5. The van der Waals surface area contributed by atoms with Gasteiger partial charge >= 0.3 is 6.09 Å². The van der Waals surface area contributed by atoms with Gasteiger partial charge in [0.05, 0.1) is 55.0 Å². The van der Waals surface area contributed by atoms with Crippen molar-refractivity contribution in [1.82, 2.24) is 46.0 Å². The van der Waals surface area contributed by atoms with Crippen LogP contribution in [0.25, 0.3) is 21.9 Å². The fourth-order valence-corrected chi connectivity index (χ4v) is 8.34. The molecule has 0 unspecified atom stereocenters. The fourth-order valence-electron chi connectivity index (χ4n) is 8.34. The summed E-state index contributed by atoms with van der Waals surface area (Å²) in [6, 6.07) is 16.6. The molecule has 5 rings (SSSR count). The Hall–Kier alpha value is -7.39. The summed E-state index contributed by atoms with van der Waals surface area (Å²) in [5, 5.41) is 14.0. The lowest BCUT2D eigenvalue weighted by Gasteiger charge is -2.28. The molecule has 410 valence electrons. The molecule has 0 aliphatic carbocycles. The first-order valence-corrected chi connectivity index (χ1v) is 25.6. The van der Waals surface area contributed by atoms with Crippen LogP contribution < -0.4 is 26.6 Å². The molecule has 1 aliphatic rings. The van der Waals surface area contributed by atoms with Crippen molar-refractivity contribution in [3.05, 3.63) is 83.8 Å². The molecule has 2 aromatic heterocycles. The molecule has 21 heteroatoms. The highest BCUT2D eigenvalue weighted by molar-refractivity contribution is 6.13. The van der Waals surface area contributed by atoms with Gasteiger partial charge in [0.1, 0.15) is 35.6 Å². The van der Waals surface area contributed by atoms with Gasteiger partial charge < -0.3 is 45.4 Å². The number of unbranched alkanes of at least 4 members (excludes halogenated alkanes) is 2. The van der Waals surface area contributed by atoms with E-state index in [-0.39, 0.29) is 95.1 Å². The number of pyridine rings is 1. The lowest BCUT2D eigenvalue weighted by atomic mass is 9.93. The van der Waals surface area contributed by atoms with Crippen LogP contribution in [-0.4, -0.2) is 135 Å². The quantitative estimate of drug-likeness (QED) is 0.0364. The number of hydrogen-bond acceptors (Lipinski definition) is 14. The van der Waals surface area contributed by atoms with Crippen molar-refractivity contribution in [2.45, 2.75) is 130 Å². The van der Waals surface area contributed by atoms with Crippen LogP contribution in [0.15, 0.2) is 66.7 Å². The van der Waals surface area contributed by atoms with Crippen LogP contribution in [0.1, 0.15) is 105 Å². The fraction of sp³-hybridized carbons (Fsp3) is 0.509. The summed E-state index contributed by atoms with van der Waals surface area (Å²) >= 11 is 0. The topological polar surface area (TPSA) is 275 Å². The number of alkyl carbamates (subject to hydrolysis) is 1. The van der Waals surface area contributed by atoms with E-state index in [9.17, 15) is 43.2 Å². The van der Waals surface area contributed by atoms with E-state index in [2.05, 4.69) is 26.6 Å². The second-order valence-electron chi connectivity index (χ2n) is 20.7. The Morgan fingerprint density at radius 3 is 2.12 bits per heavy atom. The van der Waals surface area contributed by atoms with Crippen molar-refractivity contribution in [2.24, 2.45) is 5.92 Å². The number of nitrogens with one attached hydrogen (secondary N) is 5. The number of ketones is 2. The Morgan fingerprint density at radius 2 is 1.42 bits per heavy atom. The summed E-state index contributed by atoms with van der Waals surface area (Å²) in [5.41, 5.74) is 0.177. The summed E-state index contributed by atoms with van der Waals surface area (Å²) in [6.07, 6.45) is 3.37. The van der Waals surface area contributed by atoms with Crippen LogP contribution in [0, 0.1) is 5.92 Å². The molecule has 4 aromatic rings. The lowest BCUT2D eigenvalue weighted by molar-refractivity contribution is -0.137. The van der Waals surface area contributed by atoms with Crippen molar-refractivity contribution < 1.29 is 57.4 Å². The van der Waals surface area contributed by atoms with E-state index in [1.807, 2.05) is 79.9 Å². The second kappa shape index (κ2) is 27.4. The molecule has 5 N–H and O–H groups in total. The highest BCUT2D eigenvalue weighted by Crippen LogP contribution is 2.30. The monoisotopic (exact) mass is 1050 g/mol. The zero-order chi connectivity index (χ0) is 55.6. The van der Waals surface area contributed by atoms with Crippen molar-refractivity contribution in [1.29, 1.82) is 0 Å². The maximum Gasteiger partial charge on any atom is 0.408 e. The van der Waals surface area contributed by atoms with E-state index in [0.717, 1.165) is 10.9 Å². The van der Waals surface area contributed by atoms with Gasteiger partial charge in [-0.1, -0.05) is 55.0 Å². The molecular formula is C55H73N9O12. The van der Waals surface area contributed by atoms with Crippen molar-refractivity contribution in [3.63, 3.8) is 0 Å². The summed E-state index contributed by atoms with van der Waals surface area (Å²) in [7, 11) is 0. The summed E-state index contributed by atoms with van der Waals surface area (Å²) in [4.78, 5) is 126. The summed E-state index contributed by atoms with van der Waals surface area (Å²) in [5.74, 6) is -3.59. The van der Waals surface area contributed by atoms with Crippen LogP contribution in [0.4, 0.5) is 4.79 Å². The zero-order valence-electron chi connectivity index (χ0n) is 44.9. The van der Waals surface area contributed by atoms with Crippen LogP contribution >= 0.6 is 0 Å². The second-order valence-corrected chi connectivity index (χ2v) is 20.7. The number of imidazole rings is 1. The molecule has 76 heavy (non-hydrogen) atoms. The number of Topliss-reactive ketones (excluding diaryl/α,β-unsaturated/α-hetero) is 2. The third-order valence-corrected chi connectivity index (χ3v) is 12.1. The van der Waals surface area contributed by atoms with Gasteiger partial charge in [0.15, 0.2) is 11.6 Å². The third-order valence-electron chi connectivity index (χ3n) is 12.1. The van der Waals surface area contributed by atoms with Crippen LogP contribution in [0.2, 0.25) is 0 Å². The van der Waals surface area contributed by atoms with Gasteiger partial charge in [-0.3, -0.25) is 43.3 Å². The standard InChI is InChI=1S/C55H73N9O12/c1-9-74-34-43-61-48-42(30-39(66)32-58-50(71)37(28-36-18-12-10-13-19-36)29-38(65)31-57-45(68)33-59-52(73)76-53(2,3)4)60-41-21-16-15-20-40(41)49(48)64(43)35-54(5,6)75-27-25-56-51(72)55(7,8)62-44(67)22-14-11-17-26-63-46(69)23-24-47(63)70/h10,12-13,15-16,18-21,23-24,37H,9,11,14,17,22,25-35H2,1-8H3,(H,56,72)(H,57,68)(H,58,71)(H,59,73)(H,62,67)/t37-/m1/s1. The first-order valence-electron chi connectivity index (χ1n) is 25.6. The predicted octanol–water partition coefficient (Wildman–Crippen LogP) is 4.10. The van der Waals surface area contributed by atoms with Gasteiger partial charge in [-0.15, -0.1) is 0 Å². The van der Waals surface area contributed by atoms with Crippen molar-refractivity contribution in [2.75, 3.05) is 45.9 Å². The van der Waals surface area contributed by atoms with E-state index < -0.39 is 58.8 Å². The van der Waals surface area contributed by atoms with E-state index >= 15 is 0 Å². The molecule has 0 radical (unpaired) electrons. The smallest absolute Gasteiger partial charge is 0.408 e. The number of carbonyl (C=O) groups excluding carboxylic acids is 9. The minimum Gasteiger partial charge on any atom is -0.444 e. The summed E-state index contributed by atoms with van der Waals surface area (Å²) < 4.78 is 19.4. The number of benzene rings is 2. The molecule has 1 aliphatic heterocycles. The molecule has 21 nitrogen and oxygen atoms in total. The van der Waals surface area contributed by atoms with Crippen LogP contribution in [0.5, 0.6) is 0 Å². The van der Waals surface area contributed by atoms with E-state index in [1.165, 1.54) is 17.1 Å². The van der Waals surface area contributed by atoms with E-state index in [0.29, 0.717) is 53.9 Å². The SMILES string of the molecule is CCOCc1nc2c(CC(=O)CNC(=O)[C@@H](CC(=O)CNC(=O)CNC(=O)OC(C)(C)C)Cc3ccccc3)nc3ccccc3c2n1CC(C)(C)OCCNC(=O)C(C)(C)NC(=O)CCCCCN1C(=O)C=CC1=O. The van der Waals surface area contributed by atoms with Gasteiger partial charge in [0.25, 0.3) is 11.8 Å². The average Bonchev–Trinajstić information content (AvgIpc) is 3.88. The third kappa shape index (κ3) is 18.5. The molecule has 1 atom stereocenters. The molecule has 0 bridgehead atoms. The molecule has 2 aromatic carbocycles. The largest absolute Gasteiger partial charge is 0.444 e. The van der Waals surface area contributed by atoms with E-state index in [1.54, 1.807) is 34.6 Å². The number of para-hydroxylation sites is 1. The molecule has 0 spiro atoms. The van der Waals surface area contributed by atoms with Gasteiger partial charge in [0.2, 0.25) is 23.6 Å². The first-order chi connectivity index (χ1) is 35.9. The predicted molar refractivity (Wildman–Crippen MR) is 282 cm³/mol. The van der Waals surface area contributed by atoms with Crippen molar-refractivity contribution >= 4 is 75.0 Å². The van der Waals surface area contributed by atoms with Crippen LogP contribution in [-0.2, 0) is 78.6 Å². The van der Waals surface area contributed by atoms with Crippen molar-refractivity contribution in [3.8, 4) is 0 Å². The molecule has 3 heterocycles. The number of imide groups is 1. The van der Waals surface area contributed by atoms with Gasteiger partial charge in [-0.2, -0.15) is 0 Å². The van der Waals surface area contributed by atoms with Gasteiger partial charge in [0, 0.05) is 56.0 Å². The molecular weight excluding hydrogens is 979 g/mol. The Bertz CT molecular complexity index is 2760. The number of nitrogens with zero attached hydrogens (tertiary/aromatic N) is 4. The number of fused-ring (bicyclic) bond motifs is 3. The van der Waals surface area contributed by atoms with Gasteiger partial charge in [-0.25, -0.2) is 14.8 Å². The Morgan fingerprint density at radius 1 is 0.737 bits per heavy atom. The highest BCUT2D eigenvalue weighted by Gasteiger charge is 2.31. The summed E-state index contributed by atoms with van der Waals surface area (Å²) in [6.45, 7) is 14.2. The Balaban J connectivity index is 1.19. The first kappa shape index (κ1) is 59.5. The number of amides is 7. The minimum atomic E-state index is -1.21. The average molecular weight is 1050 g/mol.